The number of likely N-dealkylation sites (N-methyl/N-ethyl adjacent to an activating group) is 1. The Bertz CT molecular complexity index is 428. The SMILES string of the molecule is CN1CCN(c2ncc(Br)cc2C(F)(F)F)CC1. The molecule has 1 aromatic heterocycles. The maximum Gasteiger partial charge on any atom is 0.419 e. The Morgan fingerprint density at radius 2 is 1.83 bits per heavy atom. The van der Waals surface area contributed by atoms with Crippen LogP contribution in [-0.4, -0.2) is 43.1 Å². The average Bonchev–Trinajstić information content (AvgIpc) is 2.29. The molecule has 0 bridgehead atoms. The third-order valence-corrected chi connectivity index (χ3v) is 3.38. The van der Waals surface area contributed by atoms with Crippen molar-refractivity contribution in [3.8, 4) is 0 Å². The van der Waals surface area contributed by atoms with Gasteiger partial charge in [0.2, 0.25) is 0 Å². The molecule has 0 atom stereocenters. The van der Waals surface area contributed by atoms with Gasteiger partial charge in [-0.3, -0.25) is 0 Å². The summed E-state index contributed by atoms with van der Waals surface area (Å²) in [7, 11) is 1.96. The number of hydrogen-bond donors (Lipinski definition) is 0. The van der Waals surface area contributed by atoms with E-state index in [2.05, 4.69) is 25.8 Å². The Kier molecular flexibility index (Phi) is 3.82. The van der Waals surface area contributed by atoms with E-state index < -0.39 is 11.7 Å². The maximum atomic E-state index is 13.0. The van der Waals surface area contributed by atoms with Crippen molar-refractivity contribution in [2.45, 2.75) is 6.18 Å². The summed E-state index contributed by atoms with van der Waals surface area (Å²) in [5.74, 6) is 0.0267. The van der Waals surface area contributed by atoms with Crippen molar-refractivity contribution in [1.82, 2.24) is 9.88 Å². The summed E-state index contributed by atoms with van der Waals surface area (Å²) >= 11 is 3.03. The first kappa shape index (κ1) is 13.6. The number of piperazine rings is 1. The molecule has 0 amide bonds. The average molecular weight is 324 g/mol. The highest BCUT2D eigenvalue weighted by atomic mass is 79.9. The number of aromatic nitrogens is 1. The lowest BCUT2D eigenvalue weighted by Crippen LogP contribution is -2.45. The van der Waals surface area contributed by atoms with Crippen LogP contribution in [0, 0.1) is 0 Å². The number of rotatable bonds is 1. The number of anilines is 1. The largest absolute Gasteiger partial charge is 0.419 e. The van der Waals surface area contributed by atoms with Crippen LogP contribution in [0.1, 0.15) is 5.56 Å². The molecule has 2 rings (SSSR count). The molecule has 0 saturated carbocycles. The van der Waals surface area contributed by atoms with Crippen molar-refractivity contribution >= 4 is 21.7 Å². The van der Waals surface area contributed by atoms with Crippen LogP contribution < -0.4 is 4.90 Å². The molecule has 1 aromatic rings. The standard InChI is InChI=1S/C11H13BrF3N3/c1-17-2-4-18(5-3-17)10-9(11(13,14)15)6-8(12)7-16-10/h6-7H,2-5H2,1H3. The third kappa shape index (κ3) is 2.95. The first-order valence-corrected chi connectivity index (χ1v) is 6.33. The van der Waals surface area contributed by atoms with Gasteiger partial charge in [0.15, 0.2) is 0 Å². The zero-order chi connectivity index (χ0) is 13.3. The number of nitrogens with zero attached hydrogens (tertiary/aromatic N) is 3. The molecule has 2 heterocycles. The molecule has 18 heavy (non-hydrogen) atoms. The second kappa shape index (κ2) is 5.05. The fourth-order valence-corrected chi connectivity index (χ4v) is 2.24. The lowest BCUT2D eigenvalue weighted by Gasteiger charge is -2.34. The van der Waals surface area contributed by atoms with Gasteiger partial charge in [-0.1, -0.05) is 0 Å². The van der Waals surface area contributed by atoms with E-state index in [0.29, 0.717) is 17.6 Å². The molecular formula is C11H13BrF3N3. The predicted molar refractivity (Wildman–Crippen MR) is 66.6 cm³/mol. The zero-order valence-corrected chi connectivity index (χ0v) is 11.4. The van der Waals surface area contributed by atoms with Gasteiger partial charge in [0.25, 0.3) is 0 Å². The first-order valence-electron chi connectivity index (χ1n) is 5.54. The molecule has 0 spiro atoms. The fourth-order valence-electron chi connectivity index (χ4n) is 1.91. The van der Waals surface area contributed by atoms with E-state index in [-0.39, 0.29) is 5.82 Å². The van der Waals surface area contributed by atoms with E-state index in [4.69, 9.17) is 0 Å². The Hall–Kier alpha value is -0.820. The second-order valence-electron chi connectivity index (χ2n) is 4.31. The van der Waals surface area contributed by atoms with Crippen LogP contribution in [0.15, 0.2) is 16.7 Å². The lowest BCUT2D eigenvalue weighted by atomic mass is 10.2. The van der Waals surface area contributed by atoms with Gasteiger partial charge >= 0.3 is 6.18 Å². The van der Waals surface area contributed by atoms with Crippen molar-refractivity contribution in [3.63, 3.8) is 0 Å². The number of pyridine rings is 1. The van der Waals surface area contributed by atoms with Gasteiger partial charge in [-0.05, 0) is 29.0 Å². The summed E-state index contributed by atoms with van der Waals surface area (Å²) in [5.41, 5.74) is -0.679. The van der Waals surface area contributed by atoms with Crippen LogP contribution in [0.25, 0.3) is 0 Å². The van der Waals surface area contributed by atoms with Gasteiger partial charge in [-0.2, -0.15) is 13.2 Å². The molecule has 0 N–H and O–H groups in total. The Balaban J connectivity index is 2.32. The molecule has 3 nitrogen and oxygen atoms in total. The Labute approximate surface area is 112 Å². The van der Waals surface area contributed by atoms with E-state index in [1.54, 1.807) is 4.90 Å². The molecule has 1 saturated heterocycles. The van der Waals surface area contributed by atoms with E-state index >= 15 is 0 Å². The van der Waals surface area contributed by atoms with Gasteiger partial charge in [0, 0.05) is 36.8 Å². The molecule has 0 radical (unpaired) electrons. The summed E-state index contributed by atoms with van der Waals surface area (Å²) in [6, 6.07) is 1.08. The van der Waals surface area contributed by atoms with Crippen LogP contribution in [-0.2, 0) is 6.18 Å². The summed E-state index contributed by atoms with van der Waals surface area (Å²) in [6.07, 6.45) is -2.97. The minimum absolute atomic E-state index is 0.0267. The molecule has 100 valence electrons. The van der Waals surface area contributed by atoms with Crippen molar-refractivity contribution in [2.24, 2.45) is 0 Å². The number of halogens is 4. The Morgan fingerprint density at radius 1 is 1.22 bits per heavy atom. The molecule has 1 aliphatic rings. The van der Waals surface area contributed by atoms with Gasteiger partial charge < -0.3 is 9.80 Å². The maximum absolute atomic E-state index is 13.0. The predicted octanol–water partition coefficient (Wildman–Crippen LogP) is 2.61. The number of hydrogen-bond acceptors (Lipinski definition) is 3. The highest BCUT2D eigenvalue weighted by Gasteiger charge is 2.36. The van der Waals surface area contributed by atoms with Crippen molar-refractivity contribution in [2.75, 3.05) is 38.1 Å². The third-order valence-electron chi connectivity index (χ3n) is 2.94. The monoisotopic (exact) mass is 323 g/mol. The van der Waals surface area contributed by atoms with Gasteiger partial charge in [-0.25, -0.2) is 4.98 Å². The molecule has 7 heteroatoms. The lowest BCUT2D eigenvalue weighted by molar-refractivity contribution is -0.137. The summed E-state index contributed by atoms with van der Waals surface area (Å²) in [6.45, 7) is 2.62. The summed E-state index contributed by atoms with van der Waals surface area (Å²) in [4.78, 5) is 7.71. The molecule has 0 aliphatic carbocycles. The first-order chi connectivity index (χ1) is 8.38. The van der Waals surface area contributed by atoms with Crippen molar-refractivity contribution in [3.05, 3.63) is 22.3 Å². The topological polar surface area (TPSA) is 19.4 Å². The zero-order valence-electron chi connectivity index (χ0n) is 9.84. The number of alkyl halides is 3. The molecule has 0 unspecified atom stereocenters. The normalized spacial score (nSPS) is 18.2. The quantitative estimate of drug-likeness (QED) is 0.792. The van der Waals surface area contributed by atoms with E-state index in [1.165, 1.54) is 6.20 Å². The minimum Gasteiger partial charge on any atom is -0.354 e. The summed E-state index contributed by atoms with van der Waals surface area (Å²) < 4.78 is 39.2. The minimum atomic E-state index is -4.38. The van der Waals surface area contributed by atoms with Crippen LogP contribution in [0.4, 0.5) is 19.0 Å². The van der Waals surface area contributed by atoms with Gasteiger partial charge in [0.1, 0.15) is 5.82 Å². The summed E-state index contributed by atoms with van der Waals surface area (Å²) in [5, 5.41) is 0. The molecule has 0 aromatic carbocycles. The highest BCUT2D eigenvalue weighted by Crippen LogP contribution is 2.37. The van der Waals surface area contributed by atoms with Crippen molar-refractivity contribution < 1.29 is 13.2 Å². The molecule has 1 fully saturated rings. The van der Waals surface area contributed by atoms with Gasteiger partial charge in [-0.15, -0.1) is 0 Å². The van der Waals surface area contributed by atoms with Crippen molar-refractivity contribution in [1.29, 1.82) is 0 Å². The Morgan fingerprint density at radius 3 is 2.39 bits per heavy atom. The van der Waals surface area contributed by atoms with E-state index in [1.807, 2.05) is 7.05 Å². The smallest absolute Gasteiger partial charge is 0.354 e. The van der Waals surface area contributed by atoms with Crippen LogP contribution in [0.5, 0.6) is 0 Å². The van der Waals surface area contributed by atoms with Crippen LogP contribution in [0.2, 0.25) is 0 Å². The van der Waals surface area contributed by atoms with E-state index in [9.17, 15) is 13.2 Å². The second-order valence-corrected chi connectivity index (χ2v) is 5.23. The molecule has 1 aliphatic heterocycles. The van der Waals surface area contributed by atoms with Crippen LogP contribution >= 0.6 is 15.9 Å². The molecular weight excluding hydrogens is 311 g/mol. The van der Waals surface area contributed by atoms with E-state index in [0.717, 1.165) is 19.2 Å². The van der Waals surface area contributed by atoms with Crippen LogP contribution in [0.3, 0.4) is 0 Å². The highest BCUT2D eigenvalue weighted by molar-refractivity contribution is 9.10. The van der Waals surface area contributed by atoms with Gasteiger partial charge in [0.05, 0.1) is 5.56 Å². The fraction of sp³-hybridized carbons (Fsp3) is 0.545.